The first kappa shape index (κ1) is 17.2. The van der Waals surface area contributed by atoms with Gasteiger partial charge in [0.1, 0.15) is 0 Å². The second-order valence-electron chi connectivity index (χ2n) is 4.82. The molecule has 0 spiro atoms. The van der Waals surface area contributed by atoms with Gasteiger partial charge >= 0.3 is 6.18 Å². The van der Waals surface area contributed by atoms with E-state index in [1.807, 2.05) is 0 Å². The van der Waals surface area contributed by atoms with Crippen molar-refractivity contribution in [3.05, 3.63) is 35.4 Å². The van der Waals surface area contributed by atoms with E-state index >= 15 is 0 Å². The monoisotopic (exact) mass is 338 g/mol. The first-order valence-corrected chi connectivity index (χ1v) is 8.22. The van der Waals surface area contributed by atoms with Crippen LogP contribution in [0.15, 0.2) is 24.3 Å². The minimum atomic E-state index is -4.44. The van der Waals surface area contributed by atoms with Gasteiger partial charge in [0, 0.05) is 19.6 Å². The highest BCUT2D eigenvalue weighted by atomic mass is 32.2. The summed E-state index contributed by atoms with van der Waals surface area (Å²) in [6.07, 6.45) is -4.47. The molecule has 1 N–H and O–H groups in total. The fourth-order valence-electron chi connectivity index (χ4n) is 2.21. The van der Waals surface area contributed by atoms with E-state index in [1.165, 1.54) is 22.5 Å². The van der Waals surface area contributed by atoms with Crippen molar-refractivity contribution in [2.45, 2.75) is 12.6 Å². The molecule has 1 aliphatic heterocycles. The molecule has 0 unspecified atom stereocenters. The van der Waals surface area contributed by atoms with Crippen LogP contribution in [0.1, 0.15) is 11.1 Å². The smallest absolute Gasteiger partial charge is 0.379 e. The number of hydrogen-bond acceptors (Lipinski definition) is 3. The molecule has 22 heavy (non-hydrogen) atoms. The Morgan fingerprint density at radius 3 is 2.45 bits per heavy atom. The van der Waals surface area contributed by atoms with Gasteiger partial charge in [0.15, 0.2) is 0 Å². The minimum absolute atomic E-state index is 0.0285. The van der Waals surface area contributed by atoms with Crippen LogP contribution in [0, 0.1) is 0 Å². The molecule has 2 rings (SSSR count). The molecule has 5 nitrogen and oxygen atoms in total. The number of nitrogens with one attached hydrogen (secondary N) is 1. The molecule has 0 atom stereocenters. The van der Waals surface area contributed by atoms with E-state index in [0.717, 1.165) is 6.07 Å². The first-order valence-electron chi connectivity index (χ1n) is 6.78. The predicted octanol–water partition coefficient (Wildman–Crippen LogP) is 1.41. The van der Waals surface area contributed by atoms with E-state index in [9.17, 15) is 21.6 Å². The van der Waals surface area contributed by atoms with Gasteiger partial charge in [0.25, 0.3) is 10.2 Å². The van der Waals surface area contributed by atoms with Crippen molar-refractivity contribution >= 4 is 10.2 Å². The molecule has 0 radical (unpaired) electrons. The van der Waals surface area contributed by atoms with Crippen LogP contribution in [-0.4, -0.2) is 45.6 Å². The maximum atomic E-state index is 12.8. The lowest BCUT2D eigenvalue weighted by atomic mass is 10.0. The number of halogens is 3. The Labute approximate surface area is 127 Å². The molecule has 0 saturated carbocycles. The number of morpholine rings is 1. The molecule has 124 valence electrons. The normalized spacial score (nSPS) is 17.6. The van der Waals surface area contributed by atoms with Crippen LogP contribution >= 0.6 is 0 Å². The zero-order valence-electron chi connectivity index (χ0n) is 11.8. The van der Waals surface area contributed by atoms with Gasteiger partial charge in [-0.25, -0.2) is 4.72 Å². The Balaban J connectivity index is 1.96. The molecule has 1 fully saturated rings. The molecule has 1 aliphatic rings. The van der Waals surface area contributed by atoms with E-state index in [2.05, 4.69) is 4.72 Å². The maximum absolute atomic E-state index is 12.8. The van der Waals surface area contributed by atoms with Crippen molar-refractivity contribution in [1.82, 2.24) is 9.03 Å². The zero-order chi connectivity index (χ0) is 16.2. The second kappa shape index (κ2) is 6.95. The molecule has 1 heterocycles. The van der Waals surface area contributed by atoms with Crippen LogP contribution in [0.4, 0.5) is 13.2 Å². The number of rotatable bonds is 5. The van der Waals surface area contributed by atoms with Crippen LogP contribution in [-0.2, 0) is 27.5 Å². The molecule has 0 aromatic heterocycles. The van der Waals surface area contributed by atoms with Crippen molar-refractivity contribution in [1.29, 1.82) is 0 Å². The Kier molecular flexibility index (Phi) is 5.43. The lowest BCUT2D eigenvalue weighted by molar-refractivity contribution is -0.138. The highest BCUT2D eigenvalue weighted by Gasteiger charge is 2.32. The van der Waals surface area contributed by atoms with Gasteiger partial charge in [-0.1, -0.05) is 18.2 Å². The summed E-state index contributed by atoms with van der Waals surface area (Å²) >= 11 is 0. The number of benzene rings is 1. The molecule has 9 heteroatoms. The van der Waals surface area contributed by atoms with Crippen LogP contribution in [0.5, 0.6) is 0 Å². The summed E-state index contributed by atoms with van der Waals surface area (Å²) in [7, 11) is -3.68. The van der Waals surface area contributed by atoms with Crippen LogP contribution in [0.3, 0.4) is 0 Å². The fourth-order valence-corrected chi connectivity index (χ4v) is 3.38. The number of alkyl halides is 3. The van der Waals surface area contributed by atoms with Crippen molar-refractivity contribution in [3.8, 4) is 0 Å². The van der Waals surface area contributed by atoms with Crippen molar-refractivity contribution in [2.24, 2.45) is 0 Å². The Morgan fingerprint density at radius 1 is 1.18 bits per heavy atom. The summed E-state index contributed by atoms with van der Waals surface area (Å²) in [4.78, 5) is 0. The topological polar surface area (TPSA) is 58.6 Å². The summed E-state index contributed by atoms with van der Waals surface area (Å²) in [5, 5.41) is 0. The second-order valence-corrected chi connectivity index (χ2v) is 6.57. The standard InChI is InChI=1S/C13H17F3N2O3S/c14-13(15,16)12-4-2-1-3-11(12)5-6-17-22(19,20)18-7-9-21-10-8-18/h1-4,17H,5-10H2. The maximum Gasteiger partial charge on any atom is 0.416 e. The molecule has 1 aromatic carbocycles. The Bertz CT molecular complexity index is 599. The largest absolute Gasteiger partial charge is 0.416 e. The summed E-state index contributed by atoms with van der Waals surface area (Å²) in [6.45, 7) is 1.03. The summed E-state index contributed by atoms with van der Waals surface area (Å²) in [6, 6.07) is 5.16. The lowest BCUT2D eigenvalue weighted by Gasteiger charge is -2.26. The summed E-state index contributed by atoms with van der Waals surface area (Å²) < 4.78 is 71.1. The number of hydrogen-bond donors (Lipinski definition) is 1. The quantitative estimate of drug-likeness (QED) is 0.883. The van der Waals surface area contributed by atoms with Gasteiger partial charge in [-0.05, 0) is 18.1 Å². The highest BCUT2D eigenvalue weighted by Crippen LogP contribution is 2.31. The van der Waals surface area contributed by atoms with Gasteiger partial charge in [-0.15, -0.1) is 0 Å². The van der Waals surface area contributed by atoms with Crippen molar-refractivity contribution in [3.63, 3.8) is 0 Å². The van der Waals surface area contributed by atoms with Crippen molar-refractivity contribution in [2.75, 3.05) is 32.8 Å². The molecule has 0 amide bonds. The molecular formula is C13H17F3N2O3S. The van der Waals surface area contributed by atoms with Gasteiger partial charge in [0.2, 0.25) is 0 Å². The van der Waals surface area contributed by atoms with E-state index in [-0.39, 0.29) is 31.6 Å². The summed E-state index contributed by atoms with van der Waals surface area (Å²) in [5.41, 5.74) is -0.666. The van der Waals surface area contributed by atoms with Crippen LogP contribution in [0.2, 0.25) is 0 Å². The van der Waals surface area contributed by atoms with Crippen LogP contribution < -0.4 is 4.72 Å². The van der Waals surface area contributed by atoms with Gasteiger partial charge in [0.05, 0.1) is 18.8 Å². The fraction of sp³-hybridized carbons (Fsp3) is 0.538. The lowest BCUT2D eigenvalue weighted by Crippen LogP contribution is -2.47. The third-order valence-electron chi connectivity index (χ3n) is 3.31. The molecule has 1 saturated heterocycles. The predicted molar refractivity (Wildman–Crippen MR) is 74.5 cm³/mol. The molecule has 1 aromatic rings. The van der Waals surface area contributed by atoms with Crippen molar-refractivity contribution < 1.29 is 26.3 Å². The average Bonchev–Trinajstić information content (AvgIpc) is 2.47. The van der Waals surface area contributed by atoms with E-state index in [1.54, 1.807) is 0 Å². The highest BCUT2D eigenvalue weighted by molar-refractivity contribution is 7.87. The first-order chi connectivity index (χ1) is 10.3. The zero-order valence-corrected chi connectivity index (χ0v) is 12.6. The molecular weight excluding hydrogens is 321 g/mol. The third-order valence-corrected chi connectivity index (χ3v) is 4.93. The Morgan fingerprint density at radius 2 is 1.82 bits per heavy atom. The van der Waals surface area contributed by atoms with Crippen LogP contribution in [0.25, 0.3) is 0 Å². The molecule has 0 aliphatic carbocycles. The van der Waals surface area contributed by atoms with Gasteiger partial charge < -0.3 is 4.74 Å². The molecule has 0 bridgehead atoms. The van der Waals surface area contributed by atoms with Gasteiger partial charge in [-0.3, -0.25) is 0 Å². The SMILES string of the molecule is O=S(=O)(NCCc1ccccc1C(F)(F)F)N1CCOCC1. The number of ether oxygens (including phenoxy) is 1. The third kappa shape index (κ3) is 4.42. The summed E-state index contributed by atoms with van der Waals surface area (Å²) in [5.74, 6) is 0. The minimum Gasteiger partial charge on any atom is -0.379 e. The number of nitrogens with zero attached hydrogens (tertiary/aromatic N) is 1. The van der Waals surface area contributed by atoms with E-state index in [4.69, 9.17) is 4.74 Å². The Hall–Kier alpha value is -1.16. The average molecular weight is 338 g/mol. The van der Waals surface area contributed by atoms with E-state index < -0.39 is 21.9 Å². The van der Waals surface area contributed by atoms with E-state index in [0.29, 0.717) is 13.2 Å². The van der Waals surface area contributed by atoms with Gasteiger partial charge in [-0.2, -0.15) is 25.9 Å².